The third-order valence-electron chi connectivity index (χ3n) is 2.54. The van der Waals surface area contributed by atoms with Crippen LogP contribution in [-0.4, -0.2) is 28.0 Å². The number of ether oxygens (including phenoxy) is 1. The summed E-state index contributed by atoms with van der Waals surface area (Å²) in [5, 5.41) is 3.00. The van der Waals surface area contributed by atoms with Crippen LogP contribution in [0.4, 0.5) is 5.82 Å². The maximum Gasteiger partial charge on any atom is 0.358 e. The van der Waals surface area contributed by atoms with E-state index in [0.717, 1.165) is 11.5 Å². The van der Waals surface area contributed by atoms with Crippen LogP contribution in [0.2, 0.25) is 0 Å². The highest BCUT2D eigenvalue weighted by Crippen LogP contribution is 2.10. The molecule has 0 aromatic carbocycles. The quantitative estimate of drug-likeness (QED) is 0.834. The zero-order valence-electron chi connectivity index (χ0n) is 10.9. The van der Waals surface area contributed by atoms with Gasteiger partial charge in [-0.2, -0.15) is 0 Å². The number of nitrogens with one attached hydrogen (secondary N) is 1. The van der Waals surface area contributed by atoms with Gasteiger partial charge in [0.15, 0.2) is 5.69 Å². The van der Waals surface area contributed by atoms with Crippen LogP contribution in [0.25, 0.3) is 0 Å². The second-order valence-corrected chi connectivity index (χ2v) is 3.88. The van der Waals surface area contributed by atoms with Gasteiger partial charge in [-0.3, -0.25) is 0 Å². The number of rotatable bonds is 4. The summed E-state index contributed by atoms with van der Waals surface area (Å²) in [5.41, 5.74) is 1.03. The van der Waals surface area contributed by atoms with Crippen LogP contribution in [0.15, 0.2) is 16.8 Å². The van der Waals surface area contributed by atoms with Gasteiger partial charge in [0, 0.05) is 0 Å². The molecule has 1 N–H and O–H groups in total. The largest absolute Gasteiger partial charge is 0.464 e. The molecule has 2 aromatic heterocycles. The number of hydrogen-bond acceptors (Lipinski definition) is 7. The number of esters is 1. The molecule has 7 nitrogen and oxygen atoms in total. The molecule has 0 unspecified atom stereocenters. The monoisotopic (exact) mass is 262 g/mol. The molecular weight excluding hydrogens is 248 g/mol. The Hall–Kier alpha value is -2.44. The minimum absolute atomic E-state index is 0.163. The van der Waals surface area contributed by atoms with Crippen LogP contribution in [0.1, 0.15) is 27.8 Å². The molecule has 0 aliphatic carbocycles. The Morgan fingerprint density at radius 1 is 1.37 bits per heavy atom. The van der Waals surface area contributed by atoms with E-state index in [2.05, 4.69) is 25.0 Å². The summed E-state index contributed by atoms with van der Waals surface area (Å²) in [5.74, 6) is 1.39. The lowest BCUT2D eigenvalue weighted by molar-refractivity contribution is 0.0593. The molecule has 2 rings (SSSR count). The highest BCUT2D eigenvalue weighted by molar-refractivity contribution is 5.86. The van der Waals surface area contributed by atoms with E-state index in [0.29, 0.717) is 18.3 Å². The number of carbonyl (C=O) groups excluding carboxylic acids is 1. The predicted molar refractivity (Wildman–Crippen MR) is 66.7 cm³/mol. The van der Waals surface area contributed by atoms with E-state index in [-0.39, 0.29) is 5.69 Å². The Labute approximate surface area is 110 Å². The van der Waals surface area contributed by atoms with Gasteiger partial charge in [-0.1, -0.05) is 0 Å². The Morgan fingerprint density at radius 2 is 2.16 bits per heavy atom. The first-order valence-corrected chi connectivity index (χ1v) is 5.67. The van der Waals surface area contributed by atoms with Crippen LogP contribution in [0, 0.1) is 13.8 Å². The number of nitrogens with zero attached hydrogens (tertiary/aromatic N) is 3. The Kier molecular flexibility index (Phi) is 3.74. The van der Waals surface area contributed by atoms with Gasteiger partial charge in [-0.15, -0.1) is 0 Å². The van der Waals surface area contributed by atoms with Gasteiger partial charge < -0.3 is 14.5 Å². The summed E-state index contributed by atoms with van der Waals surface area (Å²) in [7, 11) is 1.30. The van der Waals surface area contributed by atoms with Crippen molar-refractivity contribution in [2.24, 2.45) is 0 Å². The lowest BCUT2D eigenvalue weighted by atomic mass is 10.4. The van der Waals surface area contributed by atoms with Crippen molar-refractivity contribution >= 4 is 11.8 Å². The first-order valence-electron chi connectivity index (χ1n) is 5.67. The molecule has 0 radical (unpaired) electrons. The Balaban J connectivity index is 1.98. The number of aromatic nitrogens is 3. The van der Waals surface area contributed by atoms with Gasteiger partial charge in [0.1, 0.15) is 11.6 Å². The maximum atomic E-state index is 11.2. The zero-order valence-corrected chi connectivity index (χ0v) is 10.9. The molecule has 0 saturated carbocycles. The van der Waals surface area contributed by atoms with Crippen LogP contribution in [-0.2, 0) is 11.3 Å². The number of carbonyl (C=O) groups is 1. The van der Waals surface area contributed by atoms with Crippen molar-refractivity contribution in [2.45, 2.75) is 20.4 Å². The summed E-state index contributed by atoms with van der Waals surface area (Å²) in [4.78, 5) is 23.4. The van der Waals surface area contributed by atoms with Crippen molar-refractivity contribution in [3.63, 3.8) is 0 Å². The summed E-state index contributed by atoms with van der Waals surface area (Å²) in [6.45, 7) is 4.14. The number of hydrogen-bond donors (Lipinski definition) is 1. The molecule has 0 aliphatic rings. The molecule has 0 saturated heterocycles. The van der Waals surface area contributed by atoms with Crippen LogP contribution in [0.5, 0.6) is 0 Å². The fourth-order valence-electron chi connectivity index (χ4n) is 1.41. The van der Waals surface area contributed by atoms with Gasteiger partial charge in [-0.25, -0.2) is 19.7 Å². The lowest BCUT2D eigenvalue weighted by Gasteiger charge is -2.03. The molecule has 19 heavy (non-hydrogen) atoms. The van der Waals surface area contributed by atoms with E-state index in [9.17, 15) is 4.79 Å². The van der Waals surface area contributed by atoms with Gasteiger partial charge >= 0.3 is 5.97 Å². The van der Waals surface area contributed by atoms with Crippen molar-refractivity contribution in [2.75, 3.05) is 12.4 Å². The van der Waals surface area contributed by atoms with Crippen LogP contribution in [0.3, 0.4) is 0 Å². The number of methoxy groups -OCH3 is 1. The molecule has 2 heterocycles. The predicted octanol–water partition coefficient (Wildman–Crippen LogP) is 1.48. The highest BCUT2D eigenvalue weighted by Gasteiger charge is 2.08. The van der Waals surface area contributed by atoms with Gasteiger partial charge in [0.05, 0.1) is 31.7 Å². The van der Waals surface area contributed by atoms with E-state index < -0.39 is 5.97 Å². The molecule has 0 spiro atoms. The third kappa shape index (κ3) is 3.06. The topological polar surface area (TPSA) is 90.1 Å². The highest BCUT2D eigenvalue weighted by atomic mass is 16.5. The van der Waals surface area contributed by atoms with E-state index in [1.165, 1.54) is 19.5 Å². The van der Waals surface area contributed by atoms with Crippen molar-refractivity contribution in [3.8, 4) is 0 Å². The summed E-state index contributed by atoms with van der Waals surface area (Å²) in [6.07, 6.45) is 2.80. The minimum atomic E-state index is -0.516. The van der Waals surface area contributed by atoms with Crippen LogP contribution >= 0.6 is 0 Å². The average molecular weight is 262 g/mol. The molecule has 0 aliphatic heterocycles. The van der Waals surface area contributed by atoms with Crippen molar-refractivity contribution < 1.29 is 13.9 Å². The standard InChI is InChI=1S/C12H14N4O3/c1-7-8(2)19-11(16-7)6-15-10-5-13-9(4-14-10)12(17)18-3/h4-5H,6H2,1-3H3,(H,14,15). The average Bonchev–Trinajstić information content (AvgIpc) is 2.75. The smallest absolute Gasteiger partial charge is 0.358 e. The van der Waals surface area contributed by atoms with E-state index in [1.54, 1.807) is 0 Å². The Bertz CT molecular complexity index is 558. The van der Waals surface area contributed by atoms with E-state index >= 15 is 0 Å². The van der Waals surface area contributed by atoms with E-state index in [4.69, 9.17) is 4.42 Å². The van der Waals surface area contributed by atoms with Crippen molar-refractivity contribution in [1.82, 2.24) is 15.0 Å². The summed E-state index contributed by atoms with van der Waals surface area (Å²) >= 11 is 0. The number of aryl methyl sites for hydroxylation is 2. The van der Waals surface area contributed by atoms with Gasteiger partial charge in [0.25, 0.3) is 0 Å². The molecule has 0 fully saturated rings. The summed E-state index contributed by atoms with van der Waals surface area (Å²) < 4.78 is 9.95. The molecular formula is C12H14N4O3. The normalized spacial score (nSPS) is 10.3. The SMILES string of the molecule is COC(=O)c1cnc(NCc2nc(C)c(C)o2)cn1. The van der Waals surface area contributed by atoms with Crippen molar-refractivity contribution in [3.05, 3.63) is 35.4 Å². The van der Waals surface area contributed by atoms with Gasteiger partial charge in [-0.05, 0) is 13.8 Å². The molecule has 2 aromatic rings. The Morgan fingerprint density at radius 3 is 2.68 bits per heavy atom. The van der Waals surface area contributed by atoms with Crippen LogP contribution < -0.4 is 5.32 Å². The molecule has 0 atom stereocenters. The first-order chi connectivity index (χ1) is 9.10. The number of oxazole rings is 1. The second kappa shape index (κ2) is 5.47. The fourth-order valence-corrected chi connectivity index (χ4v) is 1.41. The van der Waals surface area contributed by atoms with Crippen molar-refractivity contribution in [1.29, 1.82) is 0 Å². The molecule has 0 bridgehead atoms. The fraction of sp³-hybridized carbons (Fsp3) is 0.333. The molecule has 7 heteroatoms. The van der Waals surface area contributed by atoms with Gasteiger partial charge in [0.2, 0.25) is 5.89 Å². The second-order valence-electron chi connectivity index (χ2n) is 3.88. The molecule has 100 valence electrons. The summed E-state index contributed by atoms with van der Waals surface area (Å²) in [6, 6.07) is 0. The third-order valence-corrected chi connectivity index (χ3v) is 2.54. The lowest BCUT2D eigenvalue weighted by Crippen LogP contribution is -2.07. The zero-order chi connectivity index (χ0) is 13.8. The maximum absolute atomic E-state index is 11.2. The van der Waals surface area contributed by atoms with E-state index in [1.807, 2.05) is 13.8 Å². The molecule has 0 amide bonds. The number of anilines is 1. The minimum Gasteiger partial charge on any atom is -0.464 e. The first kappa shape index (κ1) is 13.0.